The number of hydrogen-bond acceptors (Lipinski definition) is 1. The summed E-state index contributed by atoms with van der Waals surface area (Å²) in [6.45, 7) is 4.25. The fraction of sp³-hybridized carbons (Fsp3) is 0.464. The third-order valence-electron chi connectivity index (χ3n) is 6.16. The lowest BCUT2D eigenvalue weighted by Gasteiger charge is -2.19. The Morgan fingerprint density at radius 2 is 1.47 bits per heavy atom. The van der Waals surface area contributed by atoms with Gasteiger partial charge < -0.3 is 21.7 Å². The van der Waals surface area contributed by atoms with E-state index in [4.69, 9.17) is 51.1 Å². The molecule has 0 amide bonds. The van der Waals surface area contributed by atoms with Crippen molar-refractivity contribution in [2.75, 3.05) is 0 Å². The molecule has 0 fully saturated rings. The summed E-state index contributed by atoms with van der Waals surface area (Å²) in [7, 11) is 0. The van der Waals surface area contributed by atoms with Crippen LogP contribution in [0.15, 0.2) is 55.1 Å². The number of ether oxygens (including phenoxy) is 1. The van der Waals surface area contributed by atoms with Crippen molar-refractivity contribution in [3.8, 4) is 0 Å². The molecule has 8 heteroatoms. The fourth-order valence-corrected chi connectivity index (χ4v) is 5.12. The van der Waals surface area contributed by atoms with Crippen molar-refractivity contribution in [3.05, 3.63) is 86.3 Å². The first-order chi connectivity index (χ1) is 17.0. The molecule has 1 unspecified atom stereocenters. The third-order valence-corrected chi connectivity index (χ3v) is 7.31. The van der Waals surface area contributed by atoms with E-state index < -0.39 is 0 Å². The van der Waals surface area contributed by atoms with Crippen LogP contribution in [0, 0.1) is 0 Å². The van der Waals surface area contributed by atoms with Crippen molar-refractivity contribution < 1.29 is 26.3 Å². The Labute approximate surface area is 246 Å². The smallest absolute Gasteiger partial charge is 0.243 e. The van der Waals surface area contributed by atoms with Gasteiger partial charge in [-0.05, 0) is 42.7 Å². The monoisotopic (exact) mass is 634 g/mol. The highest BCUT2D eigenvalue weighted by atomic mass is 79.9. The molecule has 0 N–H and O–H groups in total. The van der Waals surface area contributed by atoms with Gasteiger partial charge in [0.15, 0.2) is 0 Å². The van der Waals surface area contributed by atoms with Gasteiger partial charge in [-0.3, -0.25) is 0 Å². The van der Waals surface area contributed by atoms with E-state index >= 15 is 0 Å². The van der Waals surface area contributed by atoms with E-state index in [1.54, 1.807) is 12.1 Å². The van der Waals surface area contributed by atoms with Crippen LogP contribution < -0.4 is 21.5 Å². The van der Waals surface area contributed by atoms with Gasteiger partial charge in [0.05, 0.1) is 13.2 Å². The number of rotatable bonds is 15. The summed E-state index contributed by atoms with van der Waals surface area (Å²) in [6, 6.07) is 11.0. The number of hydrogen-bond donors (Lipinski definition) is 0. The highest BCUT2D eigenvalue weighted by Gasteiger charge is 2.20. The van der Waals surface area contributed by atoms with Crippen LogP contribution in [-0.4, -0.2) is 4.57 Å². The first kappa shape index (κ1) is 31.5. The standard InChI is InChI=1S/C28H35Cl4N2O.BrH/c1-2-3-4-5-6-7-8-9-14-33-15-16-34(21-33)19-28(25-13-12-24(30)18-27(25)32)35-20-22-10-11-23(29)17-26(22)31;/h10-13,15-18,21,28H,2-9,14,19-20H2,1H3;1H/q+1;/p-1. The summed E-state index contributed by atoms with van der Waals surface area (Å²) in [5.74, 6) is 0. The zero-order valence-electron chi connectivity index (χ0n) is 20.7. The van der Waals surface area contributed by atoms with Gasteiger partial charge in [0.25, 0.3) is 0 Å². The zero-order valence-corrected chi connectivity index (χ0v) is 25.4. The van der Waals surface area contributed by atoms with E-state index in [1.807, 2.05) is 24.3 Å². The second-order valence-corrected chi connectivity index (χ2v) is 10.7. The Kier molecular flexibility index (Phi) is 14.8. The first-order valence-electron chi connectivity index (χ1n) is 12.5. The van der Waals surface area contributed by atoms with Crippen molar-refractivity contribution in [1.29, 1.82) is 0 Å². The molecule has 0 aliphatic rings. The Balaban J connectivity index is 0.00000456. The van der Waals surface area contributed by atoms with Crippen LogP contribution in [0.3, 0.4) is 0 Å². The van der Waals surface area contributed by atoms with E-state index in [1.165, 1.54) is 51.4 Å². The molecule has 198 valence electrons. The summed E-state index contributed by atoms with van der Waals surface area (Å²) in [4.78, 5) is 0. The van der Waals surface area contributed by atoms with Crippen molar-refractivity contribution in [1.82, 2.24) is 4.57 Å². The molecule has 0 saturated heterocycles. The summed E-state index contributed by atoms with van der Waals surface area (Å²) in [5.41, 5.74) is 1.77. The maximum Gasteiger partial charge on any atom is 0.243 e. The van der Waals surface area contributed by atoms with Gasteiger partial charge in [-0.1, -0.05) is 104 Å². The highest BCUT2D eigenvalue weighted by Crippen LogP contribution is 2.31. The molecule has 1 atom stereocenters. The second-order valence-electron chi connectivity index (χ2n) is 9.02. The first-order valence-corrected chi connectivity index (χ1v) is 14.0. The Hall–Kier alpha value is -0.750. The summed E-state index contributed by atoms with van der Waals surface area (Å²) in [6.07, 6.45) is 16.6. The SMILES string of the molecule is CCCCCCCCCC[n+]1ccn(CC(OCc2ccc(Cl)cc2Cl)c2ccc(Cl)cc2Cl)c1.[Br-]. The third kappa shape index (κ3) is 10.6. The molecular weight excluding hydrogens is 602 g/mol. The quantitative estimate of drug-likeness (QED) is 0.138. The van der Waals surface area contributed by atoms with Crippen molar-refractivity contribution in [2.45, 2.75) is 84.1 Å². The second kappa shape index (κ2) is 17.0. The van der Waals surface area contributed by atoms with E-state index in [0.29, 0.717) is 33.2 Å². The van der Waals surface area contributed by atoms with Gasteiger partial charge >= 0.3 is 0 Å². The number of imidazole rings is 1. The Morgan fingerprint density at radius 1 is 0.833 bits per heavy atom. The number of nitrogens with zero attached hydrogens (tertiary/aromatic N) is 2. The largest absolute Gasteiger partial charge is 1.00 e. The van der Waals surface area contributed by atoms with Crippen LogP contribution >= 0.6 is 46.4 Å². The normalized spacial score (nSPS) is 11.9. The summed E-state index contributed by atoms with van der Waals surface area (Å²) in [5, 5.41) is 2.37. The van der Waals surface area contributed by atoms with Crippen LogP contribution in [0.5, 0.6) is 0 Å². The minimum Gasteiger partial charge on any atom is -1.00 e. The summed E-state index contributed by atoms with van der Waals surface area (Å²) >= 11 is 25.1. The molecule has 0 spiro atoms. The molecule has 3 rings (SSSR count). The Morgan fingerprint density at radius 3 is 2.14 bits per heavy atom. The van der Waals surface area contributed by atoms with Gasteiger partial charge in [0, 0.05) is 25.7 Å². The minimum absolute atomic E-state index is 0. The lowest BCUT2D eigenvalue weighted by Crippen LogP contribution is -3.00. The zero-order chi connectivity index (χ0) is 25.0. The molecule has 0 radical (unpaired) electrons. The predicted octanol–water partition coefficient (Wildman–Crippen LogP) is 6.49. The van der Waals surface area contributed by atoms with Gasteiger partial charge in [0.1, 0.15) is 25.0 Å². The maximum atomic E-state index is 6.55. The molecule has 0 bridgehead atoms. The van der Waals surface area contributed by atoms with Crippen molar-refractivity contribution in [3.63, 3.8) is 0 Å². The molecular formula is C28H35BrCl4N2O. The van der Waals surface area contributed by atoms with E-state index in [9.17, 15) is 0 Å². The number of benzene rings is 2. The number of halogens is 5. The molecule has 36 heavy (non-hydrogen) atoms. The lowest BCUT2D eigenvalue weighted by molar-refractivity contribution is -0.697. The number of aryl methyl sites for hydroxylation is 1. The van der Waals surface area contributed by atoms with E-state index in [0.717, 1.165) is 17.7 Å². The molecule has 1 heterocycles. The average Bonchev–Trinajstić information content (AvgIpc) is 3.27. The predicted molar refractivity (Wildman–Crippen MR) is 148 cm³/mol. The maximum absolute atomic E-state index is 6.55. The highest BCUT2D eigenvalue weighted by molar-refractivity contribution is 6.35. The fourth-order valence-electron chi connectivity index (χ4n) is 4.13. The van der Waals surface area contributed by atoms with Gasteiger partial charge in [-0.15, -0.1) is 0 Å². The van der Waals surface area contributed by atoms with Crippen molar-refractivity contribution >= 4 is 46.4 Å². The Bertz CT molecular complexity index is 1060. The van der Waals surface area contributed by atoms with Crippen LogP contribution in [0.4, 0.5) is 0 Å². The minimum atomic E-state index is -0.268. The van der Waals surface area contributed by atoms with E-state index in [-0.39, 0.29) is 23.1 Å². The number of aromatic nitrogens is 2. The van der Waals surface area contributed by atoms with Crippen LogP contribution in [0.25, 0.3) is 0 Å². The molecule has 0 saturated carbocycles. The topological polar surface area (TPSA) is 18.0 Å². The summed E-state index contributed by atoms with van der Waals surface area (Å²) < 4.78 is 10.7. The van der Waals surface area contributed by atoms with Gasteiger partial charge in [-0.25, -0.2) is 9.13 Å². The van der Waals surface area contributed by atoms with Crippen LogP contribution in [0.1, 0.15) is 75.5 Å². The molecule has 0 aliphatic heterocycles. The molecule has 3 nitrogen and oxygen atoms in total. The van der Waals surface area contributed by atoms with E-state index in [2.05, 4.69) is 34.8 Å². The van der Waals surface area contributed by atoms with Gasteiger partial charge in [0.2, 0.25) is 6.33 Å². The molecule has 3 aromatic rings. The van der Waals surface area contributed by atoms with Crippen LogP contribution in [0.2, 0.25) is 20.1 Å². The number of unbranched alkanes of at least 4 members (excludes halogenated alkanes) is 7. The molecule has 1 aromatic heterocycles. The lowest BCUT2D eigenvalue weighted by atomic mass is 10.1. The molecule has 2 aromatic carbocycles. The van der Waals surface area contributed by atoms with Crippen molar-refractivity contribution in [2.24, 2.45) is 0 Å². The van der Waals surface area contributed by atoms with Crippen LogP contribution in [-0.2, 0) is 24.4 Å². The van der Waals surface area contributed by atoms with Gasteiger partial charge in [-0.2, -0.15) is 0 Å². The molecule has 0 aliphatic carbocycles. The average molecular weight is 637 g/mol.